The number of anilines is 2. The fraction of sp³-hybridized carbons (Fsp3) is 0.500. The number of amides is 1. The van der Waals surface area contributed by atoms with Gasteiger partial charge >= 0.3 is 0 Å². The van der Waals surface area contributed by atoms with Crippen molar-refractivity contribution < 1.29 is 4.79 Å². The minimum atomic E-state index is -0.0358. The van der Waals surface area contributed by atoms with Crippen LogP contribution in [0, 0.1) is 0 Å². The lowest BCUT2D eigenvalue weighted by Crippen LogP contribution is -2.30. The lowest BCUT2D eigenvalue weighted by Gasteiger charge is -2.29. The number of carbonyl (C=O) groups is 1. The first-order chi connectivity index (χ1) is 8.59. The summed E-state index contributed by atoms with van der Waals surface area (Å²) in [4.78, 5) is 15.9. The minimum absolute atomic E-state index is 0.0358. The third kappa shape index (κ3) is 2.58. The fourth-order valence-corrected chi connectivity index (χ4v) is 2.32. The Morgan fingerprint density at radius 3 is 2.50 bits per heavy atom. The second-order valence-electron chi connectivity index (χ2n) is 5.02. The highest BCUT2D eigenvalue weighted by molar-refractivity contribution is 5.99. The number of piperidine rings is 1. The zero-order valence-electron chi connectivity index (χ0n) is 11.1. The zero-order chi connectivity index (χ0) is 13.1. The molecule has 0 unspecified atom stereocenters. The molecule has 1 fully saturated rings. The Morgan fingerprint density at radius 1 is 1.22 bits per heavy atom. The van der Waals surface area contributed by atoms with E-state index >= 15 is 0 Å². The summed E-state index contributed by atoms with van der Waals surface area (Å²) < 4.78 is 0. The highest BCUT2D eigenvalue weighted by Crippen LogP contribution is 2.24. The summed E-state index contributed by atoms with van der Waals surface area (Å²) in [7, 11) is 3.49. The Morgan fingerprint density at radius 2 is 1.89 bits per heavy atom. The van der Waals surface area contributed by atoms with E-state index in [2.05, 4.69) is 4.90 Å². The van der Waals surface area contributed by atoms with Gasteiger partial charge in [-0.1, -0.05) is 0 Å². The largest absolute Gasteiger partial charge is 0.398 e. The van der Waals surface area contributed by atoms with Crippen LogP contribution < -0.4 is 10.6 Å². The molecule has 1 aromatic carbocycles. The van der Waals surface area contributed by atoms with Crippen LogP contribution in [0.25, 0.3) is 0 Å². The molecule has 1 amide bonds. The molecular formula is C14H21N3O. The molecule has 0 aromatic heterocycles. The SMILES string of the molecule is CN(C)C(=O)c1cc(N2CCCCC2)ccc1N. The molecule has 1 aliphatic rings. The standard InChI is InChI=1S/C14H21N3O/c1-16(2)14(18)12-10-11(6-7-13(12)15)17-8-4-3-5-9-17/h6-7,10H,3-5,8-9,15H2,1-2H3. The number of hydrogen-bond donors (Lipinski definition) is 1. The van der Waals surface area contributed by atoms with Gasteiger partial charge < -0.3 is 15.5 Å². The highest BCUT2D eigenvalue weighted by atomic mass is 16.2. The van der Waals surface area contributed by atoms with Crippen molar-refractivity contribution in [3.8, 4) is 0 Å². The molecule has 98 valence electrons. The van der Waals surface area contributed by atoms with Crippen LogP contribution in [0.4, 0.5) is 11.4 Å². The van der Waals surface area contributed by atoms with Crippen molar-refractivity contribution >= 4 is 17.3 Å². The monoisotopic (exact) mass is 247 g/mol. The van der Waals surface area contributed by atoms with Gasteiger partial charge in [-0.3, -0.25) is 4.79 Å². The van der Waals surface area contributed by atoms with Crippen molar-refractivity contribution in [1.82, 2.24) is 4.90 Å². The predicted molar refractivity (Wildman–Crippen MR) is 74.9 cm³/mol. The van der Waals surface area contributed by atoms with Gasteiger partial charge in [0.15, 0.2) is 0 Å². The molecule has 2 rings (SSSR count). The van der Waals surface area contributed by atoms with Crippen LogP contribution in [0.15, 0.2) is 18.2 Å². The van der Waals surface area contributed by atoms with Crippen molar-refractivity contribution in [2.75, 3.05) is 37.8 Å². The summed E-state index contributed by atoms with van der Waals surface area (Å²) in [5.74, 6) is -0.0358. The molecule has 4 heteroatoms. The number of benzene rings is 1. The van der Waals surface area contributed by atoms with Gasteiger partial charge in [-0.25, -0.2) is 0 Å². The molecule has 0 saturated carbocycles. The van der Waals surface area contributed by atoms with Crippen molar-refractivity contribution in [1.29, 1.82) is 0 Å². The molecule has 4 nitrogen and oxygen atoms in total. The van der Waals surface area contributed by atoms with E-state index in [1.807, 2.05) is 18.2 Å². The summed E-state index contributed by atoms with van der Waals surface area (Å²) in [6.07, 6.45) is 3.75. The molecule has 0 radical (unpaired) electrons. The van der Waals surface area contributed by atoms with Gasteiger partial charge in [0, 0.05) is 38.6 Å². The Balaban J connectivity index is 2.28. The third-order valence-corrected chi connectivity index (χ3v) is 3.39. The molecule has 1 aromatic rings. The van der Waals surface area contributed by atoms with Crippen LogP contribution in [0.3, 0.4) is 0 Å². The Bertz CT molecular complexity index is 437. The maximum Gasteiger partial charge on any atom is 0.255 e. The Kier molecular flexibility index (Phi) is 3.75. The number of rotatable bonds is 2. The number of hydrogen-bond acceptors (Lipinski definition) is 3. The van der Waals surface area contributed by atoms with Gasteiger partial charge in [0.25, 0.3) is 5.91 Å². The third-order valence-electron chi connectivity index (χ3n) is 3.39. The smallest absolute Gasteiger partial charge is 0.255 e. The van der Waals surface area contributed by atoms with Gasteiger partial charge in [0.2, 0.25) is 0 Å². The summed E-state index contributed by atoms with van der Waals surface area (Å²) in [6, 6.07) is 5.76. The maximum atomic E-state index is 12.0. The van der Waals surface area contributed by atoms with Gasteiger partial charge in [0.05, 0.1) is 5.56 Å². The van der Waals surface area contributed by atoms with Crippen molar-refractivity contribution in [3.63, 3.8) is 0 Å². The van der Waals surface area contributed by atoms with E-state index in [9.17, 15) is 4.79 Å². The van der Waals surface area contributed by atoms with Crippen LogP contribution in [0.2, 0.25) is 0 Å². The van der Waals surface area contributed by atoms with Crippen molar-refractivity contribution in [3.05, 3.63) is 23.8 Å². The summed E-state index contributed by atoms with van der Waals surface area (Å²) >= 11 is 0. The first-order valence-electron chi connectivity index (χ1n) is 6.45. The zero-order valence-corrected chi connectivity index (χ0v) is 11.1. The molecule has 0 aliphatic carbocycles. The maximum absolute atomic E-state index is 12.0. The van der Waals surface area contributed by atoms with E-state index in [4.69, 9.17) is 5.73 Å². The lowest BCUT2D eigenvalue weighted by molar-refractivity contribution is 0.0828. The van der Waals surface area contributed by atoms with E-state index in [0.29, 0.717) is 11.3 Å². The number of nitrogens with zero attached hydrogens (tertiary/aromatic N) is 2. The van der Waals surface area contributed by atoms with Crippen LogP contribution >= 0.6 is 0 Å². The highest BCUT2D eigenvalue weighted by Gasteiger charge is 2.16. The summed E-state index contributed by atoms with van der Waals surface area (Å²) in [5, 5.41) is 0. The summed E-state index contributed by atoms with van der Waals surface area (Å²) in [5.41, 5.74) is 8.15. The fourth-order valence-electron chi connectivity index (χ4n) is 2.32. The predicted octanol–water partition coefficient (Wildman–Crippen LogP) is 1.96. The molecule has 2 N–H and O–H groups in total. The first-order valence-corrected chi connectivity index (χ1v) is 6.45. The van der Waals surface area contributed by atoms with E-state index in [-0.39, 0.29) is 5.91 Å². The van der Waals surface area contributed by atoms with E-state index in [0.717, 1.165) is 18.8 Å². The lowest BCUT2D eigenvalue weighted by atomic mass is 10.1. The van der Waals surface area contributed by atoms with Gasteiger partial charge in [-0.15, -0.1) is 0 Å². The van der Waals surface area contributed by atoms with Gasteiger partial charge in [-0.2, -0.15) is 0 Å². The molecule has 0 spiro atoms. The molecule has 1 aliphatic heterocycles. The molecule has 18 heavy (non-hydrogen) atoms. The minimum Gasteiger partial charge on any atom is -0.398 e. The molecular weight excluding hydrogens is 226 g/mol. The second kappa shape index (κ2) is 5.29. The Hall–Kier alpha value is -1.71. The van der Waals surface area contributed by atoms with Crippen LogP contribution in [-0.4, -0.2) is 38.0 Å². The van der Waals surface area contributed by atoms with Gasteiger partial charge in [0.1, 0.15) is 0 Å². The van der Waals surface area contributed by atoms with E-state index < -0.39 is 0 Å². The van der Waals surface area contributed by atoms with Crippen LogP contribution in [0.1, 0.15) is 29.6 Å². The molecule has 0 atom stereocenters. The normalized spacial score (nSPS) is 15.6. The average Bonchev–Trinajstić information content (AvgIpc) is 2.39. The number of nitrogen functional groups attached to an aromatic ring is 1. The molecule has 0 bridgehead atoms. The number of nitrogens with two attached hydrogens (primary N) is 1. The van der Waals surface area contributed by atoms with E-state index in [1.165, 1.54) is 19.3 Å². The van der Waals surface area contributed by atoms with Gasteiger partial charge in [-0.05, 0) is 37.5 Å². The molecule has 1 heterocycles. The van der Waals surface area contributed by atoms with E-state index in [1.54, 1.807) is 19.0 Å². The Labute approximate surface area is 108 Å². The molecule has 1 saturated heterocycles. The summed E-state index contributed by atoms with van der Waals surface area (Å²) in [6.45, 7) is 2.14. The van der Waals surface area contributed by atoms with Crippen LogP contribution in [0.5, 0.6) is 0 Å². The second-order valence-corrected chi connectivity index (χ2v) is 5.02. The van der Waals surface area contributed by atoms with Crippen molar-refractivity contribution in [2.45, 2.75) is 19.3 Å². The van der Waals surface area contributed by atoms with Crippen molar-refractivity contribution in [2.24, 2.45) is 0 Å². The first kappa shape index (κ1) is 12.7. The quantitative estimate of drug-likeness (QED) is 0.813. The average molecular weight is 247 g/mol. The topological polar surface area (TPSA) is 49.6 Å². The van der Waals surface area contributed by atoms with Crippen LogP contribution in [-0.2, 0) is 0 Å². The number of carbonyl (C=O) groups excluding carboxylic acids is 1.